The van der Waals surface area contributed by atoms with Gasteiger partial charge in [0.2, 0.25) is 0 Å². The number of piperidine rings is 1. The van der Waals surface area contributed by atoms with Crippen molar-refractivity contribution in [2.75, 3.05) is 33.0 Å². The van der Waals surface area contributed by atoms with Gasteiger partial charge in [-0.25, -0.2) is 9.18 Å². The standard InChI is InChI=1S/C20H30FN3O3/c1-14-4-7-24(8-5-14)15(2)11-23-20(25)22-6-3-16-9-18(21)10-17-12-26-13-27-19(16)17/h9-10,14-15H,3-8,11-13H2,1-2H3,(H2,22,23,25). The van der Waals surface area contributed by atoms with Gasteiger partial charge in [0.1, 0.15) is 11.6 Å². The van der Waals surface area contributed by atoms with Crippen LogP contribution in [0.3, 0.4) is 0 Å². The lowest BCUT2D eigenvalue weighted by Crippen LogP contribution is -2.47. The summed E-state index contributed by atoms with van der Waals surface area (Å²) >= 11 is 0. The molecule has 0 spiro atoms. The molecular weight excluding hydrogens is 349 g/mol. The van der Waals surface area contributed by atoms with E-state index in [-0.39, 0.29) is 18.6 Å². The quantitative estimate of drug-likeness (QED) is 0.798. The summed E-state index contributed by atoms with van der Waals surface area (Å²) < 4.78 is 24.4. The molecule has 0 saturated carbocycles. The van der Waals surface area contributed by atoms with E-state index in [1.807, 2.05) is 0 Å². The van der Waals surface area contributed by atoms with Crippen LogP contribution in [0.1, 0.15) is 37.8 Å². The van der Waals surface area contributed by atoms with Crippen LogP contribution in [0.4, 0.5) is 9.18 Å². The Labute approximate surface area is 160 Å². The fourth-order valence-corrected chi connectivity index (χ4v) is 3.65. The van der Waals surface area contributed by atoms with E-state index >= 15 is 0 Å². The molecule has 1 aromatic carbocycles. The van der Waals surface area contributed by atoms with Gasteiger partial charge < -0.3 is 20.1 Å². The number of carbonyl (C=O) groups is 1. The van der Waals surface area contributed by atoms with E-state index in [2.05, 4.69) is 29.4 Å². The first kappa shape index (κ1) is 19.9. The van der Waals surface area contributed by atoms with Gasteiger partial charge in [-0.1, -0.05) is 6.92 Å². The molecule has 0 bridgehead atoms. The first-order valence-corrected chi connectivity index (χ1v) is 9.80. The monoisotopic (exact) mass is 379 g/mol. The molecule has 3 rings (SSSR count). The van der Waals surface area contributed by atoms with Gasteiger partial charge in [0.15, 0.2) is 6.79 Å². The van der Waals surface area contributed by atoms with Crippen LogP contribution < -0.4 is 15.4 Å². The predicted molar refractivity (Wildman–Crippen MR) is 101 cm³/mol. The van der Waals surface area contributed by atoms with E-state index in [1.165, 1.54) is 25.0 Å². The van der Waals surface area contributed by atoms with Gasteiger partial charge in [0, 0.05) is 24.7 Å². The molecule has 0 aromatic heterocycles. The Kier molecular flexibility index (Phi) is 6.90. The minimum absolute atomic E-state index is 0.173. The summed E-state index contributed by atoms with van der Waals surface area (Å²) in [6.45, 7) is 8.20. The third kappa shape index (κ3) is 5.56. The summed E-state index contributed by atoms with van der Waals surface area (Å²) in [7, 11) is 0. The van der Waals surface area contributed by atoms with E-state index in [0.717, 1.165) is 24.6 Å². The number of hydrogen-bond acceptors (Lipinski definition) is 4. The second-order valence-electron chi connectivity index (χ2n) is 7.62. The summed E-state index contributed by atoms with van der Waals surface area (Å²) in [5.74, 6) is 1.17. The van der Waals surface area contributed by atoms with Crippen molar-refractivity contribution in [3.05, 3.63) is 29.1 Å². The summed E-state index contributed by atoms with van der Waals surface area (Å²) in [6.07, 6.45) is 2.95. The molecule has 1 atom stereocenters. The Balaban J connectivity index is 1.40. The van der Waals surface area contributed by atoms with Crippen LogP contribution >= 0.6 is 0 Å². The molecule has 2 heterocycles. The van der Waals surface area contributed by atoms with Crippen LogP contribution in [0, 0.1) is 11.7 Å². The fourth-order valence-electron chi connectivity index (χ4n) is 3.65. The second kappa shape index (κ2) is 9.37. The Morgan fingerprint density at radius 2 is 2.11 bits per heavy atom. The molecule has 6 nitrogen and oxygen atoms in total. The van der Waals surface area contributed by atoms with Crippen molar-refractivity contribution in [1.82, 2.24) is 15.5 Å². The number of nitrogens with zero attached hydrogens (tertiary/aromatic N) is 1. The number of benzene rings is 1. The molecule has 0 aliphatic carbocycles. The molecule has 2 aliphatic rings. The lowest BCUT2D eigenvalue weighted by atomic mass is 9.98. The number of likely N-dealkylation sites (tertiary alicyclic amines) is 1. The number of carbonyl (C=O) groups excluding carboxylic acids is 1. The lowest BCUT2D eigenvalue weighted by Gasteiger charge is -2.35. The van der Waals surface area contributed by atoms with Gasteiger partial charge in [0.05, 0.1) is 6.61 Å². The zero-order valence-corrected chi connectivity index (χ0v) is 16.2. The van der Waals surface area contributed by atoms with Crippen LogP contribution in [-0.2, 0) is 17.8 Å². The minimum atomic E-state index is -0.313. The summed E-state index contributed by atoms with van der Waals surface area (Å²) in [4.78, 5) is 14.5. The van der Waals surface area contributed by atoms with Crippen molar-refractivity contribution < 1.29 is 18.7 Å². The van der Waals surface area contributed by atoms with Crippen LogP contribution in [0.2, 0.25) is 0 Å². The van der Waals surface area contributed by atoms with Crippen molar-refractivity contribution in [2.45, 2.75) is 45.8 Å². The molecular formula is C20H30FN3O3. The summed E-state index contributed by atoms with van der Waals surface area (Å²) in [5, 5.41) is 5.78. The lowest BCUT2D eigenvalue weighted by molar-refractivity contribution is -0.0172. The van der Waals surface area contributed by atoms with Crippen molar-refractivity contribution >= 4 is 6.03 Å². The average Bonchev–Trinajstić information content (AvgIpc) is 2.66. The highest BCUT2D eigenvalue weighted by Crippen LogP contribution is 2.29. The zero-order valence-electron chi connectivity index (χ0n) is 16.2. The summed E-state index contributed by atoms with van der Waals surface area (Å²) in [6, 6.07) is 3.03. The maximum Gasteiger partial charge on any atom is 0.314 e. The smallest absolute Gasteiger partial charge is 0.314 e. The third-order valence-electron chi connectivity index (χ3n) is 5.43. The zero-order chi connectivity index (χ0) is 19.2. The molecule has 1 unspecified atom stereocenters. The number of halogens is 1. The Morgan fingerprint density at radius 3 is 2.89 bits per heavy atom. The molecule has 1 aromatic rings. The maximum atomic E-state index is 13.7. The molecule has 2 aliphatic heterocycles. The largest absolute Gasteiger partial charge is 0.467 e. The van der Waals surface area contributed by atoms with Crippen molar-refractivity contribution in [3.8, 4) is 5.75 Å². The highest BCUT2D eigenvalue weighted by Gasteiger charge is 2.21. The van der Waals surface area contributed by atoms with Crippen LogP contribution in [0.5, 0.6) is 5.75 Å². The number of rotatable bonds is 6. The van der Waals surface area contributed by atoms with Crippen LogP contribution in [0.25, 0.3) is 0 Å². The van der Waals surface area contributed by atoms with Gasteiger partial charge in [-0.2, -0.15) is 0 Å². The van der Waals surface area contributed by atoms with E-state index in [4.69, 9.17) is 9.47 Å². The Bertz CT molecular complexity index is 648. The molecule has 7 heteroatoms. The van der Waals surface area contributed by atoms with E-state index in [0.29, 0.717) is 43.5 Å². The average molecular weight is 379 g/mol. The minimum Gasteiger partial charge on any atom is -0.467 e. The maximum absolute atomic E-state index is 13.7. The molecule has 1 fully saturated rings. The van der Waals surface area contributed by atoms with Gasteiger partial charge in [-0.3, -0.25) is 4.90 Å². The SMILES string of the molecule is CC1CCN(C(C)CNC(=O)NCCc2cc(F)cc3c2OCOC3)CC1. The molecule has 2 amide bonds. The third-order valence-corrected chi connectivity index (χ3v) is 5.43. The molecule has 2 N–H and O–H groups in total. The number of nitrogens with one attached hydrogen (secondary N) is 2. The van der Waals surface area contributed by atoms with Gasteiger partial charge in [-0.05, 0) is 62.9 Å². The van der Waals surface area contributed by atoms with E-state index in [1.54, 1.807) is 0 Å². The Hall–Kier alpha value is -1.86. The van der Waals surface area contributed by atoms with E-state index < -0.39 is 0 Å². The first-order valence-electron chi connectivity index (χ1n) is 9.80. The highest BCUT2D eigenvalue weighted by atomic mass is 19.1. The number of fused-ring (bicyclic) bond motifs is 1. The van der Waals surface area contributed by atoms with Crippen molar-refractivity contribution in [2.24, 2.45) is 5.92 Å². The second-order valence-corrected chi connectivity index (χ2v) is 7.62. The Morgan fingerprint density at radius 1 is 1.33 bits per heavy atom. The molecule has 1 saturated heterocycles. The topological polar surface area (TPSA) is 62.8 Å². The van der Waals surface area contributed by atoms with Crippen LogP contribution in [-0.4, -0.2) is 49.9 Å². The molecule has 27 heavy (non-hydrogen) atoms. The van der Waals surface area contributed by atoms with Gasteiger partial charge in [0.25, 0.3) is 0 Å². The van der Waals surface area contributed by atoms with Crippen molar-refractivity contribution in [3.63, 3.8) is 0 Å². The molecule has 0 radical (unpaired) electrons. The normalized spacial score (nSPS) is 19.1. The van der Waals surface area contributed by atoms with Crippen LogP contribution in [0.15, 0.2) is 12.1 Å². The van der Waals surface area contributed by atoms with Crippen molar-refractivity contribution in [1.29, 1.82) is 0 Å². The molecule has 150 valence electrons. The summed E-state index contributed by atoms with van der Waals surface area (Å²) in [5.41, 5.74) is 1.47. The van der Waals surface area contributed by atoms with Gasteiger partial charge in [-0.15, -0.1) is 0 Å². The first-order chi connectivity index (χ1) is 13.0. The number of ether oxygens (including phenoxy) is 2. The van der Waals surface area contributed by atoms with Gasteiger partial charge >= 0.3 is 6.03 Å². The predicted octanol–water partition coefficient (Wildman–Crippen LogP) is 2.65. The number of urea groups is 1. The highest BCUT2D eigenvalue weighted by molar-refractivity contribution is 5.73. The fraction of sp³-hybridized carbons (Fsp3) is 0.650. The number of hydrogen-bond donors (Lipinski definition) is 2. The number of amides is 2. The van der Waals surface area contributed by atoms with E-state index in [9.17, 15) is 9.18 Å².